The maximum Gasteiger partial charge on any atom is 0.234 e. The average molecular weight is 433 g/mol. The van der Waals surface area contributed by atoms with Gasteiger partial charge in [0.05, 0.1) is 21.8 Å². The third-order valence-electron chi connectivity index (χ3n) is 4.85. The summed E-state index contributed by atoms with van der Waals surface area (Å²) in [5.74, 6) is 0.566. The number of anilines is 2. The number of thioether (sulfide) groups is 1. The van der Waals surface area contributed by atoms with E-state index in [1.807, 2.05) is 26.0 Å². The van der Waals surface area contributed by atoms with E-state index in [4.69, 9.17) is 17.3 Å². The molecule has 0 radical (unpaired) electrons. The van der Waals surface area contributed by atoms with Gasteiger partial charge in [0.1, 0.15) is 10.6 Å². The summed E-state index contributed by atoms with van der Waals surface area (Å²) < 4.78 is 0. The van der Waals surface area contributed by atoms with Crippen molar-refractivity contribution in [1.29, 1.82) is 0 Å². The second-order valence-electron chi connectivity index (χ2n) is 7.06. The first-order valence-corrected chi connectivity index (χ1v) is 11.4. The van der Waals surface area contributed by atoms with Crippen LogP contribution in [0.4, 0.5) is 11.5 Å². The Hall–Kier alpha value is -1.83. The summed E-state index contributed by atoms with van der Waals surface area (Å²) in [4.78, 5) is 23.8. The SMILES string of the molecule is Cc1cc(C)c(NC(=O)CSc2nc(N)c3c4c(sc3n2)CCCC4)c(Cl)c1. The van der Waals surface area contributed by atoms with Crippen LogP contribution in [0.15, 0.2) is 17.3 Å². The van der Waals surface area contributed by atoms with E-state index in [-0.39, 0.29) is 11.7 Å². The molecular weight excluding hydrogens is 412 g/mol. The number of thiophene rings is 1. The number of carbonyl (C=O) groups is 1. The number of carbonyl (C=O) groups excluding carboxylic acids is 1. The minimum absolute atomic E-state index is 0.147. The van der Waals surface area contributed by atoms with Crippen LogP contribution in [-0.2, 0) is 17.6 Å². The van der Waals surface area contributed by atoms with Crippen LogP contribution in [-0.4, -0.2) is 21.6 Å². The van der Waals surface area contributed by atoms with Crippen molar-refractivity contribution >= 4 is 62.3 Å². The zero-order chi connectivity index (χ0) is 19.8. The van der Waals surface area contributed by atoms with Gasteiger partial charge in [0.15, 0.2) is 5.16 Å². The monoisotopic (exact) mass is 432 g/mol. The number of fused-ring (bicyclic) bond motifs is 3. The number of nitrogen functional groups attached to an aromatic ring is 1. The number of halogens is 1. The summed E-state index contributed by atoms with van der Waals surface area (Å²) >= 11 is 9.27. The fourth-order valence-electron chi connectivity index (χ4n) is 3.61. The van der Waals surface area contributed by atoms with Crippen LogP contribution in [0.2, 0.25) is 5.02 Å². The van der Waals surface area contributed by atoms with Crippen LogP contribution in [0.3, 0.4) is 0 Å². The van der Waals surface area contributed by atoms with Crippen molar-refractivity contribution in [3.05, 3.63) is 38.7 Å². The van der Waals surface area contributed by atoms with E-state index in [2.05, 4.69) is 15.3 Å². The van der Waals surface area contributed by atoms with E-state index in [0.717, 1.165) is 34.2 Å². The molecule has 2 heterocycles. The first-order valence-electron chi connectivity index (χ1n) is 9.19. The van der Waals surface area contributed by atoms with E-state index >= 15 is 0 Å². The molecule has 5 nitrogen and oxygen atoms in total. The summed E-state index contributed by atoms with van der Waals surface area (Å²) in [5.41, 5.74) is 10.2. The van der Waals surface area contributed by atoms with Crippen molar-refractivity contribution < 1.29 is 4.79 Å². The molecule has 28 heavy (non-hydrogen) atoms. The van der Waals surface area contributed by atoms with E-state index in [0.29, 0.717) is 21.7 Å². The zero-order valence-electron chi connectivity index (χ0n) is 15.8. The molecule has 4 rings (SSSR count). The van der Waals surface area contributed by atoms with Gasteiger partial charge >= 0.3 is 0 Å². The normalized spacial score (nSPS) is 13.5. The smallest absolute Gasteiger partial charge is 0.234 e. The van der Waals surface area contributed by atoms with Gasteiger partial charge in [0, 0.05) is 4.88 Å². The zero-order valence-corrected chi connectivity index (χ0v) is 18.2. The number of nitrogens with zero attached hydrogens (tertiary/aromatic N) is 2. The number of aromatic nitrogens is 2. The predicted octanol–water partition coefficient (Wildman–Crippen LogP) is 5.15. The molecular formula is C20H21ClN4OS2. The molecule has 0 unspecified atom stereocenters. The molecule has 0 fully saturated rings. The topological polar surface area (TPSA) is 80.9 Å². The molecule has 3 aromatic rings. The van der Waals surface area contributed by atoms with Crippen molar-refractivity contribution in [3.8, 4) is 0 Å². The van der Waals surface area contributed by atoms with Gasteiger partial charge in [0.2, 0.25) is 5.91 Å². The predicted molar refractivity (Wildman–Crippen MR) is 119 cm³/mol. The summed E-state index contributed by atoms with van der Waals surface area (Å²) in [6, 6.07) is 3.83. The van der Waals surface area contributed by atoms with E-state index in [9.17, 15) is 4.79 Å². The van der Waals surface area contributed by atoms with Gasteiger partial charge in [-0.3, -0.25) is 4.79 Å². The second-order valence-corrected chi connectivity index (χ2v) is 9.49. The number of amides is 1. The van der Waals surface area contributed by atoms with Gasteiger partial charge in [-0.1, -0.05) is 29.4 Å². The number of hydrogen-bond donors (Lipinski definition) is 2. The highest BCUT2D eigenvalue weighted by Gasteiger charge is 2.20. The number of benzene rings is 1. The summed E-state index contributed by atoms with van der Waals surface area (Å²) in [7, 11) is 0. The summed E-state index contributed by atoms with van der Waals surface area (Å²) in [6.07, 6.45) is 4.55. The largest absolute Gasteiger partial charge is 0.383 e. The molecule has 1 aromatic carbocycles. The Balaban J connectivity index is 1.49. The Morgan fingerprint density at radius 2 is 2.07 bits per heavy atom. The molecule has 3 N–H and O–H groups in total. The Kier molecular flexibility index (Phi) is 5.49. The van der Waals surface area contributed by atoms with Crippen molar-refractivity contribution in [2.24, 2.45) is 0 Å². The molecule has 0 aliphatic heterocycles. The lowest BCUT2D eigenvalue weighted by molar-refractivity contribution is -0.113. The van der Waals surface area contributed by atoms with Gasteiger partial charge < -0.3 is 11.1 Å². The molecule has 0 saturated carbocycles. The first kappa shape index (κ1) is 19.5. The molecule has 1 aliphatic rings. The van der Waals surface area contributed by atoms with Gasteiger partial charge in [-0.25, -0.2) is 9.97 Å². The molecule has 8 heteroatoms. The fraction of sp³-hybridized carbons (Fsp3) is 0.350. The Morgan fingerprint density at radius 1 is 1.29 bits per heavy atom. The number of hydrogen-bond acceptors (Lipinski definition) is 6. The molecule has 2 aromatic heterocycles. The van der Waals surface area contributed by atoms with Crippen LogP contribution in [0.1, 0.15) is 34.4 Å². The van der Waals surface area contributed by atoms with E-state index < -0.39 is 0 Å². The third kappa shape index (κ3) is 3.83. The van der Waals surface area contributed by atoms with Crippen LogP contribution in [0, 0.1) is 13.8 Å². The average Bonchev–Trinajstić information content (AvgIpc) is 3.01. The molecule has 0 saturated heterocycles. The van der Waals surface area contributed by atoms with Crippen molar-refractivity contribution in [2.45, 2.75) is 44.7 Å². The standard InChI is InChI=1S/C20H21ClN4OS2/c1-10-7-11(2)17(13(21)8-10)23-15(26)9-27-20-24-18(22)16-12-5-3-4-6-14(12)28-19(16)25-20/h7-8H,3-6,9H2,1-2H3,(H,23,26)(H2,22,24,25). The van der Waals surface area contributed by atoms with Crippen molar-refractivity contribution in [2.75, 3.05) is 16.8 Å². The summed E-state index contributed by atoms with van der Waals surface area (Å²) in [6.45, 7) is 3.90. The summed E-state index contributed by atoms with van der Waals surface area (Å²) in [5, 5.41) is 4.98. The van der Waals surface area contributed by atoms with Gasteiger partial charge in [-0.15, -0.1) is 11.3 Å². The third-order valence-corrected chi connectivity index (χ3v) is 7.18. The maximum absolute atomic E-state index is 12.4. The number of aryl methyl sites for hydroxylation is 4. The Labute approximate surface area is 177 Å². The molecule has 146 valence electrons. The lowest BCUT2D eigenvalue weighted by Crippen LogP contribution is -2.15. The molecule has 0 bridgehead atoms. The number of rotatable bonds is 4. The molecule has 1 aliphatic carbocycles. The van der Waals surface area contributed by atoms with Crippen molar-refractivity contribution in [1.82, 2.24) is 9.97 Å². The highest BCUT2D eigenvalue weighted by atomic mass is 35.5. The van der Waals surface area contributed by atoms with Gasteiger partial charge in [-0.2, -0.15) is 0 Å². The first-order chi connectivity index (χ1) is 13.4. The van der Waals surface area contributed by atoms with Crippen LogP contribution in [0.25, 0.3) is 10.2 Å². The minimum atomic E-state index is -0.147. The Morgan fingerprint density at radius 3 is 2.86 bits per heavy atom. The second kappa shape index (κ2) is 7.89. The molecule has 0 spiro atoms. The van der Waals surface area contributed by atoms with Crippen molar-refractivity contribution in [3.63, 3.8) is 0 Å². The lowest BCUT2D eigenvalue weighted by Gasteiger charge is -2.11. The van der Waals surface area contributed by atoms with E-state index in [1.54, 1.807) is 11.3 Å². The number of nitrogens with two attached hydrogens (primary N) is 1. The van der Waals surface area contributed by atoms with Crippen LogP contribution < -0.4 is 11.1 Å². The lowest BCUT2D eigenvalue weighted by atomic mass is 9.97. The van der Waals surface area contributed by atoms with Gasteiger partial charge in [0.25, 0.3) is 0 Å². The van der Waals surface area contributed by atoms with E-state index in [1.165, 1.54) is 35.0 Å². The van der Waals surface area contributed by atoms with Gasteiger partial charge in [-0.05, 0) is 62.3 Å². The maximum atomic E-state index is 12.4. The van der Waals surface area contributed by atoms with Crippen LogP contribution in [0.5, 0.6) is 0 Å². The highest BCUT2D eigenvalue weighted by Crippen LogP contribution is 2.38. The highest BCUT2D eigenvalue weighted by molar-refractivity contribution is 7.99. The quantitative estimate of drug-likeness (QED) is 0.440. The molecule has 1 amide bonds. The Bertz CT molecular complexity index is 1060. The number of nitrogens with one attached hydrogen (secondary N) is 1. The van der Waals surface area contributed by atoms with Crippen LogP contribution >= 0.6 is 34.7 Å². The minimum Gasteiger partial charge on any atom is -0.383 e. The fourth-order valence-corrected chi connectivity index (χ4v) is 5.96. The molecule has 0 atom stereocenters.